The van der Waals surface area contributed by atoms with E-state index in [2.05, 4.69) is 10.3 Å². The predicted octanol–water partition coefficient (Wildman–Crippen LogP) is 7.65. The van der Waals surface area contributed by atoms with Gasteiger partial charge in [0, 0.05) is 31.8 Å². The number of rotatable bonds is 12. The van der Waals surface area contributed by atoms with Crippen LogP contribution >= 0.6 is 0 Å². The van der Waals surface area contributed by atoms with E-state index in [4.69, 9.17) is 14.2 Å². The number of anilines is 1. The number of esters is 3. The van der Waals surface area contributed by atoms with Crippen LogP contribution in [-0.4, -0.2) is 67.9 Å². The van der Waals surface area contributed by atoms with Gasteiger partial charge >= 0.3 is 24.1 Å². The molecule has 4 aromatic rings. The molecule has 0 bridgehead atoms. The molecule has 11 nitrogen and oxygen atoms in total. The lowest BCUT2D eigenvalue weighted by molar-refractivity contribution is -0.137. The van der Waals surface area contributed by atoms with E-state index in [1.165, 1.54) is 49.5 Å². The SMILES string of the molecule is COC(=O)c1cc(C(=O)OC)c(OC(=O)CCCc2ccc(NC(=O)c3ccc(C)nc3-c3ccc(C(F)(F)F)cc3)c(C(=O)N(C)C)c2)c(C(C)C)c1. The summed E-state index contributed by atoms with van der Waals surface area (Å²) in [4.78, 5) is 70.6. The lowest BCUT2D eigenvalue weighted by Gasteiger charge is -2.18. The Morgan fingerprint density at radius 1 is 0.833 bits per heavy atom. The summed E-state index contributed by atoms with van der Waals surface area (Å²) in [5.41, 5.74) is 1.72. The van der Waals surface area contributed by atoms with Crippen LogP contribution in [0.5, 0.6) is 5.75 Å². The number of ether oxygens (including phenoxy) is 3. The Morgan fingerprint density at radius 3 is 2.09 bits per heavy atom. The fraction of sp³-hybridized carbons (Fsp3) is 0.300. The van der Waals surface area contributed by atoms with Crippen molar-refractivity contribution < 1.29 is 51.4 Å². The maximum atomic E-state index is 13.6. The van der Waals surface area contributed by atoms with E-state index in [1.54, 1.807) is 45.3 Å². The highest BCUT2D eigenvalue weighted by atomic mass is 19.4. The summed E-state index contributed by atoms with van der Waals surface area (Å²) >= 11 is 0. The largest absolute Gasteiger partial charge is 0.465 e. The fourth-order valence-corrected chi connectivity index (χ4v) is 5.53. The lowest BCUT2D eigenvalue weighted by Crippen LogP contribution is -2.24. The van der Waals surface area contributed by atoms with Crippen LogP contribution in [0.15, 0.2) is 66.7 Å². The van der Waals surface area contributed by atoms with E-state index < -0.39 is 41.5 Å². The Hall–Kier alpha value is -6.05. The van der Waals surface area contributed by atoms with Crippen LogP contribution in [0, 0.1) is 6.92 Å². The highest BCUT2D eigenvalue weighted by Gasteiger charge is 2.30. The molecule has 1 aromatic heterocycles. The second kappa shape index (κ2) is 17.2. The number of methoxy groups -OCH3 is 2. The monoisotopic (exact) mass is 747 g/mol. The summed E-state index contributed by atoms with van der Waals surface area (Å²) in [6, 6.07) is 15.0. The van der Waals surface area contributed by atoms with Gasteiger partial charge in [-0.3, -0.25) is 19.4 Å². The molecule has 3 aromatic carbocycles. The molecule has 0 saturated carbocycles. The molecule has 0 radical (unpaired) electrons. The number of pyridine rings is 1. The minimum Gasteiger partial charge on any atom is -0.465 e. The van der Waals surface area contributed by atoms with E-state index >= 15 is 0 Å². The maximum absolute atomic E-state index is 13.6. The van der Waals surface area contributed by atoms with Gasteiger partial charge in [-0.2, -0.15) is 13.2 Å². The number of nitrogens with zero attached hydrogens (tertiary/aromatic N) is 2. The molecule has 0 spiro atoms. The third-order valence-corrected chi connectivity index (χ3v) is 8.36. The molecule has 0 aliphatic carbocycles. The van der Waals surface area contributed by atoms with Crippen LogP contribution in [-0.2, 0) is 26.9 Å². The Balaban J connectivity index is 1.54. The highest BCUT2D eigenvalue weighted by molar-refractivity contribution is 6.11. The number of hydrogen-bond donors (Lipinski definition) is 1. The highest BCUT2D eigenvalue weighted by Crippen LogP contribution is 2.34. The van der Waals surface area contributed by atoms with E-state index in [1.807, 2.05) is 13.8 Å². The minimum absolute atomic E-state index is 0.0151. The summed E-state index contributed by atoms with van der Waals surface area (Å²) < 4.78 is 54.9. The van der Waals surface area contributed by atoms with Crippen molar-refractivity contribution in [1.29, 1.82) is 0 Å². The Bertz CT molecular complexity index is 2080. The first-order valence-electron chi connectivity index (χ1n) is 16.8. The van der Waals surface area contributed by atoms with Crippen LogP contribution in [0.25, 0.3) is 11.3 Å². The van der Waals surface area contributed by atoms with E-state index in [0.717, 1.165) is 12.1 Å². The van der Waals surface area contributed by atoms with Crippen LogP contribution < -0.4 is 10.1 Å². The van der Waals surface area contributed by atoms with Gasteiger partial charge < -0.3 is 24.4 Å². The molecule has 0 fully saturated rings. The van der Waals surface area contributed by atoms with Gasteiger partial charge in [-0.25, -0.2) is 9.59 Å². The average molecular weight is 748 g/mol. The van der Waals surface area contributed by atoms with Crippen LogP contribution in [0.4, 0.5) is 18.9 Å². The van der Waals surface area contributed by atoms with Crippen LogP contribution in [0.1, 0.15) is 96.4 Å². The molecule has 14 heteroatoms. The molecule has 54 heavy (non-hydrogen) atoms. The molecule has 4 rings (SSSR count). The number of alkyl halides is 3. The molecule has 0 aliphatic rings. The van der Waals surface area contributed by atoms with E-state index in [-0.39, 0.29) is 58.1 Å². The molecule has 2 amide bonds. The summed E-state index contributed by atoms with van der Waals surface area (Å²) in [5.74, 6) is -3.42. The lowest BCUT2D eigenvalue weighted by atomic mass is 9.95. The molecule has 0 unspecified atom stereocenters. The van der Waals surface area contributed by atoms with E-state index in [9.17, 15) is 37.1 Å². The summed E-state index contributed by atoms with van der Waals surface area (Å²) in [6.45, 7) is 5.31. The van der Waals surface area contributed by atoms with Crippen molar-refractivity contribution in [3.05, 3.63) is 111 Å². The second-order valence-electron chi connectivity index (χ2n) is 12.9. The number of benzene rings is 3. The van der Waals surface area contributed by atoms with Gasteiger partial charge in [0.25, 0.3) is 11.8 Å². The number of hydrogen-bond acceptors (Lipinski definition) is 9. The van der Waals surface area contributed by atoms with Gasteiger partial charge in [-0.15, -0.1) is 0 Å². The van der Waals surface area contributed by atoms with Gasteiger partial charge in [0.15, 0.2) is 0 Å². The average Bonchev–Trinajstić information content (AvgIpc) is 3.13. The first-order chi connectivity index (χ1) is 25.4. The predicted molar refractivity (Wildman–Crippen MR) is 194 cm³/mol. The quantitative estimate of drug-likeness (QED) is 0.114. The third kappa shape index (κ3) is 9.68. The molecule has 0 atom stereocenters. The van der Waals surface area contributed by atoms with Crippen molar-refractivity contribution in [3.63, 3.8) is 0 Å². The number of halogens is 3. The summed E-state index contributed by atoms with van der Waals surface area (Å²) in [5, 5.41) is 2.76. The zero-order chi connectivity index (χ0) is 39.9. The molecule has 1 N–H and O–H groups in total. The minimum atomic E-state index is -4.53. The molecule has 0 aliphatic heterocycles. The fourth-order valence-electron chi connectivity index (χ4n) is 5.53. The zero-order valence-electron chi connectivity index (χ0n) is 30.8. The Morgan fingerprint density at radius 2 is 1.50 bits per heavy atom. The number of nitrogens with one attached hydrogen (secondary N) is 1. The van der Waals surface area contributed by atoms with Gasteiger partial charge in [0.05, 0.1) is 47.9 Å². The number of aromatic nitrogens is 1. The Labute approximate surface area is 310 Å². The van der Waals surface area contributed by atoms with Gasteiger partial charge in [0.1, 0.15) is 11.3 Å². The maximum Gasteiger partial charge on any atom is 0.416 e. The number of amides is 2. The first-order valence-corrected chi connectivity index (χ1v) is 16.8. The van der Waals surface area contributed by atoms with Crippen molar-refractivity contribution in [1.82, 2.24) is 9.88 Å². The van der Waals surface area contributed by atoms with Crippen molar-refractivity contribution in [2.75, 3.05) is 33.6 Å². The molecule has 1 heterocycles. The summed E-state index contributed by atoms with van der Waals surface area (Å²) in [6.07, 6.45) is -3.98. The van der Waals surface area contributed by atoms with Gasteiger partial charge in [-0.1, -0.05) is 32.0 Å². The Kier molecular flexibility index (Phi) is 13.0. The first kappa shape index (κ1) is 40.7. The normalized spacial score (nSPS) is 11.2. The topological polar surface area (TPSA) is 141 Å². The molecule has 0 saturated heterocycles. The van der Waals surface area contributed by atoms with Crippen LogP contribution in [0.3, 0.4) is 0 Å². The number of aryl methyl sites for hydroxylation is 2. The molecular formula is C40H40F3N3O8. The van der Waals surface area contributed by atoms with Crippen molar-refractivity contribution in [2.45, 2.75) is 52.1 Å². The second-order valence-corrected chi connectivity index (χ2v) is 12.9. The zero-order valence-corrected chi connectivity index (χ0v) is 30.8. The van der Waals surface area contributed by atoms with Crippen molar-refractivity contribution in [2.24, 2.45) is 0 Å². The van der Waals surface area contributed by atoms with Gasteiger partial charge in [-0.05, 0) is 85.3 Å². The molecule has 284 valence electrons. The smallest absolute Gasteiger partial charge is 0.416 e. The van der Waals surface area contributed by atoms with Crippen LogP contribution in [0.2, 0.25) is 0 Å². The van der Waals surface area contributed by atoms with Crippen molar-refractivity contribution >= 4 is 35.4 Å². The van der Waals surface area contributed by atoms with E-state index in [0.29, 0.717) is 28.8 Å². The van der Waals surface area contributed by atoms with Crippen molar-refractivity contribution in [3.8, 4) is 17.0 Å². The third-order valence-electron chi connectivity index (χ3n) is 8.36. The number of carbonyl (C=O) groups is 5. The molecular weight excluding hydrogens is 707 g/mol. The number of carbonyl (C=O) groups excluding carboxylic acids is 5. The summed E-state index contributed by atoms with van der Waals surface area (Å²) in [7, 11) is 5.48. The van der Waals surface area contributed by atoms with Gasteiger partial charge in [0.2, 0.25) is 0 Å². The standard InChI is InChI=1S/C40H40F3N3O8/c1-22(2)29-20-26(38(50)52-6)21-31(39(51)53-7)35(29)54-33(47)10-8-9-24-12-18-32(30(19-24)37(49)46(4)5)45-36(48)28-17-11-23(3)44-34(28)25-13-15-27(16-14-25)40(41,42)43/h11-22H,8-10H2,1-7H3,(H,45,48).